The molecule has 3 rings (SSSR count). The molecule has 2 aliphatic rings. The van der Waals surface area contributed by atoms with Gasteiger partial charge in [-0.15, -0.1) is 0 Å². The summed E-state index contributed by atoms with van der Waals surface area (Å²) in [6, 6.07) is 6.53. The maximum Gasteiger partial charge on any atom is 0.411 e. The largest absolute Gasteiger partial charge is 0.458 e. The second-order valence-electron chi connectivity index (χ2n) is 9.86. The van der Waals surface area contributed by atoms with Gasteiger partial charge in [0, 0.05) is 23.4 Å². The van der Waals surface area contributed by atoms with Crippen LogP contribution in [0.2, 0.25) is 5.02 Å². The Morgan fingerprint density at radius 1 is 1.17 bits per heavy atom. The van der Waals surface area contributed by atoms with Gasteiger partial charge in [-0.25, -0.2) is 9.59 Å². The zero-order chi connectivity index (χ0) is 22.3. The van der Waals surface area contributed by atoms with Gasteiger partial charge in [-0.1, -0.05) is 28.9 Å². The lowest BCUT2D eigenvalue weighted by atomic mass is 9.92. The van der Waals surface area contributed by atoms with E-state index >= 15 is 0 Å². The third-order valence-electron chi connectivity index (χ3n) is 4.70. The van der Waals surface area contributed by atoms with Crippen LogP contribution in [0.1, 0.15) is 59.9 Å². The Morgan fingerprint density at radius 3 is 2.43 bits per heavy atom. The molecule has 0 bridgehead atoms. The van der Waals surface area contributed by atoms with Crippen molar-refractivity contribution in [3.63, 3.8) is 0 Å². The molecule has 2 heterocycles. The zero-order valence-electron chi connectivity index (χ0n) is 18.3. The van der Waals surface area contributed by atoms with E-state index < -0.39 is 34.9 Å². The van der Waals surface area contributed by atoms with Gasteiger partial charge < -0.3 is 14.3 Å². The SMILES string of the molecule is CC(C)(C)OC(=O)[C@@H]1C[C@]2(CC(c3cccc(Cl)c3)=NO2)CN1C(=O)OC(C)(C)C. The monoisotopic (exact) mass is 436 g/mol. The highest BCUT2D eigenvalue weighted by Crippen LogP contribution is 2.40. The fourth-order valence-corrected chi connectivity index (χ4v) is 3.77. The lowest BCUT2D eigenvalue weighted by Gasteiger charge is -2.29. The van der Waals surface area contributed by atoms with Crippen molar-refractivity contribution < 1.29 is 23.9 Å². The van der Waals surface area contributed by atoms with Crippen molar-refractivity contribution in [3.8, 4) is 0 Å². The molecule has 0 aliphatic carbocycles. The molecule has 30 heavy (non-hydrogen) atoms. The number of hydrogen-bond donors (Lipinski definition) is 0. The molecular formula is C22H29ClN2O5. The molecule has 0 aromatic heterocycles. The van der Waals surface area contributed by atoms with E-state index in [0.717, 1.165) is 11.3 Å². The number of carbonyl (C=O) groups excluding carboxylic acids is 2. The first-order chi connectivity index (χ1) is 13.8. The average molecular weight is 437 g/mol. The summed E-state index contributed by atoms with van der Waals surface area (Å²) in [7, 11) is 0. The lowest BCUT2D eigenvalue weighted by molar-refractivity contribution is -0.160. The number of amides is 1. The van der Waals surface area contributed by atoms with Crippen LogP contribution in [0, 0.1) is 0 Å². The molecular weight excluding hydrogens is 408 g/mol. The van der Waals surface area contributed by atoms with Gasteiger partial charge in [0.2, 0.25) is 0 Å². The maximum absolute atomic E-state index is 12.9. The third-order valence-corrected chi connectivity index (χ3v) is 4.94. The number of hydrogen-bond acceptors (Lipinski definition) is 6. The molecule has 1 spiro atoms. The van der Waals surface area contributed by atoms with E-state index in [2.05, 4.69) is 5.16 Å². The van der Waals surface area contributed by atoms with Crippen LogP contribution in [-0.2, 0) is 19.1 Å². The highest BCUT2D eigenvalue weighted by atomic mass is 35.5. The van der Waals surface area contributed by atoms with Gasteiger partial charge in [-0.2, -0.15) is 0 Å². The van der Waals surface area contributed by atoms with Gasteiger partial charge in [0.25, 0.3) is 0 Å². The van der Waals surface area contributed by atoms with E-state index in [9.17, 15) is 9.59 Å². The van der Waals surface area contributed by atoms with E-state index in [0.29, 0.717) is 11.4 Å². The van der Waals surface area contributed by atoms with Gasteiger partial charge >= 0.3 is 12.1 Å². The predicted molar refractivity (Wildman–Crippen MR) is 114 cm³/mol. The minimum absolute atomic E-state index is 0.180. The Balaban J connectivity index is 1.82. The van der Waals surface area contributed by atoms with Gasteiger partial charge in [0.05, 0.1) is 12.3 Å². The van der Waals surface area contributed by atoms with Crippen LogP contribution in [-0.4, -0.2) is 52.1 Å². The van der Waals surface area contributed by atoms with Crippen molar-refractivity contribution in [1.82, 2.24) is 4.90 Å². The minimum Gasteiger partial charge on any atom is -0.458 e. The van der Waals surface area contributed by atoms with E-state index in [1.807, 2.05) is 18.2 Å². The number of carbonyl (C=O) groups is 2. The van der Waals surface area contributed by atoms with Gasteiger partial charge in [-0.3, -0.25) is 4.90 Å². The molecule has 2 aliphatic heterocycles. The van der Waals surface area contributed by atoms with E-state index in [1.165, 1.54) is 4.90 Å². The van der Waals surface area contributed by atoms with E-state index in [4.69, 9.17) is 25.9 Å². The molecule has 0 radical (unpaired) electrons. The summed E-state index contributed by atoms with van der Waals surface area (Å²) in [5.41, 5.74) is -0.596. The zero-order valence-corrected chi connectivity index (χ0v) is 19.1. The Bertz CT molecular complexity index is 833. The second kappa shape index (κ2) is 7.76. The van der Waals surface area contributed by atoms with Gasteiger partial charge in [-0.05, 0) is 53.7 Å². The van der Waals surface area contributed by atoms with Crippen LogP contribution in [0.4, 0.5) is 4.79 Å². The molecule has 1 saturated heterocycles. The smallest absolute Gasteiger partial charge is 0.411 e. The summed E-state index contributed by atoms with van der Waals surface area (Å²) in [6.45, 7) is 10.9. The quantitative estimate of drug-likeness (QED) is 0.635. The van der Waals surface area contributed by atoms with Crippen molar-refractivity contribution in [3.05, 3.63) is 34.9 Å². The van der Waals surface area contributed by atoms with Crippen LogP contribution < -0.4 is 0 Å². The van der Waals surface area contributed by atoms with E-state index in [1.54, 1.807) is 47.6 Å². The third kappa shape index (κ3) is 5.25. The van der Waals surface area contributed by atoms with Crippen molar-refractivity contribution >= 4 is 29.4 Å². The Morgan fingerprint density at radius 2 is 1.83 bits per heavy atom. The van der Waals surface area contributed by atoms with Gasteiger partial charge in [0.1, 0.15) is 17.2 Å². The molecule has 1 fully saturated rings. The standard InChI is InChI=1S/C22H29ClN2O5/c1-20(2,3)28-18(26)17-12-22(13-25(17)19(27)29-21(4,5)6)11-16(24-30-22)14-8-7-9-15(23)10-14/h7-10,17H,11-13H2,1-6H3/t17-,22+/m0/s1. The molecule has 0 unspecified atom stereocenters. The van der Waals surface area contributed by atoms with Gasteiger partial charge in [0.15, 0.2) is 5.60 Å². The Kier molecular flexibility index (Phi) is 5.80. The predicted octanol–water partition coefficient (Wildman–Crippen LogP) is 4.55. The number of nitrogens with zero attached hydrogens (tertiary/aromatic N) is 2. The second-order valence-corrected chi connectivity index (χ2v) is 10.3. The maximum atomic E-state index is 12.9. The number of likely N-dealkylation sites (tertiary alicyclic amines) is 1. The molecule has 1 amide bonds. The van der Waals surface area contributed by atoms with Crippen LogP contribution in [0.5, 0.6) is 0 Å². The summed E-state index contributed by atoms with van der Waals surface area (Å²) >= 11 is 6.10. The normalized spacial score (nSPS) is 23.9. The summed E-state index contributed by atoms with van der Waals surface area (Å²) < 4.78 is 11.1. The highest BCUT2D eigenvalue weighted by Gasteiger charge is 2.55. The number of benzene rings is 1. The van der Waals surface area contributed by atoms with Crippen molar-refractivity contribution in [2.45, 2.75) is 77.2 Å². The molecule has 164 valence electrons. The number of halogens is 1. The number of esters is 1. The Hall–Kier alpha value is -2.28. The highest BCUT2D eigenvalue weighted by molar-refractivity contribution is 6.31. The summed E-state index contributed by atoms with van der Waals surface area (Å²) in [6.07, 6.45) is 0.149. The Labute approximate surface area is 182 Å². The number of ether oxygens (including phenoxy) is 2. The van der Waals surface area contributed by atoms with Crippen LogP contribution >= 0.6 is 11.6 Å². The average Bonchev–Trinajstić information content (AvgIpc) is 3.17. The van der Waals surface area contributed by atoms with Crippen LogP contribution in [0.3, 0.4) is 0 Å². The summed E-state index contributed by atoms with van der Waals surface area (Å²) in [5.74, 6) is -0.481. The molecule has 8 heteroatoms. The number of rotatable bonds is 2. The topological polar surface area (TPSA) is 77.4 Å². The summed E-state index contributed by atoms with van der Waals surface area (Å²) in [4.78, 5) is 33.0. The molecule has 1 aromatic carbocycles. The van der Waals surface area contributed by atoms with Crippen molar-refractivity contribution in [2.75, 3.05) is 6.54 Å². The first kappa shape index (κ1) is 22.4. The summed E-state index contributed by atoms with van der Waals surface area (Å²) in [5, 5.41) is 4.85. The first-order valence-corrected chi connectivity index (χ1v) is 10.4. The fourth-order valence-electron chi connectivity index (χ4n) is 3.58. The molecule has 1 aromatic rings. The fraction of sp³-hybridized carbons (Fsp3) is 0.591. The molecule has 0 saturated carbocycles. The van der Waals surface area contributed by atoms with E-state index in [-0.39, 0.29) is 13.0 Å². The minimum atomic E-state index is -0.812. The van der Waals surface area contributed by atoms with Crippen LogP contribution in [0.25, 0.3) is 0 Å². The van der Waals surface area contributed by atoms with Crippen molar-refractivity contribution in [2.24, 2.45) is 5.16 Å². The molecule has 7 nitrogen and oxygen atoms in total. The van der Waals surface area contributed by atoms with Crippen LogP contribution in [0.15, 0.2) is 29.4 Å². The molecule has 2 atom stereocenters. The lowest BCUT2D eigenvalue weighted by Crippen LogP contribution is -2.46. The van der Waals surface area contributed by atoms with Crippen molar-refractivity contribution in [1.29, 1.82) is 0 Å². The first-order valence-electron chi connectivity index (χ1n) is 10.0. The molecule has 0 N–H and O–H groups in total. The number of oxime groups is 1.